The highest BCUT2D eigenvalue weighted by molar-refractivity contribution is 5.85. The Balaban J connectivity index is 1.69. The van der Waals surface area contributed by atoms with Crippen molar-refractivity contribution in [3.8, 4) is 11.5 Å². The normalized spacial score (nSPS) is 12.2. The molecule has 3 rings (SSSR count). The predicted octanol–water partition coefficient (Wildman–Crippen LogP) is 4.74. The number of amides is 2. The third-order valence-electron chi connectivity index (χ3n) is 5.58. The Labute approximate surface area is 190 Å². The van der Waals surface area contributed by atoms with Gasteiger partial charge in [0.2, 0.25) is 18.6 Å². The zero-order valence-corrected chi connectivity index (χ0v) is 19.3. The largest absolute Gasteiger partial charge is 0.467 e. The number of benzene rings is 1. The molecular formula is C25H34N2O5. The minimum absolute atomic E-state index is 0.0329. The molecule has 0 N–H and O–H groups in total. The van der Waals surface area contributed by atoms with Crippen molar-refractivity contribution in [1.82, 2.24) is 9.80 Å². The molecule has 7 nitrogen and oxygen atoms in total. The molecule has 2 amide bonds. The van der Waals surface area contributed by atoms with Crippen LogP contribution in [0.2, 0.25) is 0 Å². The zero-order chi connectivity index (χ0) is 22.9. The van der Waals surface area contributed by atoms with Gasteiger partial charge in [0.1, 0.15) is 5.76 Å². The van der Waals surface area contributed by atoms with E-state index in [0.29, 0.717) is 36.8 Å². The average Bonchev–Trinajstić information content (AvgIpc) is 3.45. The molecule has 174 valence electrons. The summed E-state index contributed by atoms with van der Waals surface area (Å²) in [5, 5.41) is 0. The van der Waals surface area contributed by atoms with Crippen LogP contribution in [0.4, 0.5) is 0 Å². The molecule has 0 unspecified atom stereocenters. The monoisotopic (exact) mass is 442 g/mol. The van der Waals surface area contributed by atoms with E-state index >= 15 is 0 Å². The van der Waals surface area contributed by atoms with Crippen molar-refractivity contribution in [1.29, 1.82) is 0 Å². The van der Waals surface area contributed by atoms with Gasteiger partial charge in [-0.15, -0.1) is 0 Å². The molecule has 0 aliphatic carbocycles. The van der Waals surface area contributed by atoms with Crippen molar-refractivity contribution in [2.45, 2.75) is 72.0 Å². The summed E-state index contributed by atoms with van der Waals surface area (Å²) in [6.45, 7) is 7.02. The highest BCUT2D eigenvalue weighted by Gasteiger charge is 2.24. The molecule has 0 fully saturated rings. The molecule has 1 aliphatic rings. The van der Waals surface area contributed by atoms with Gasteiger partial charge in [0.25, 0.3) is 0 Å². The van der Waals surface area contributed by atoms with Crippen LogP contribution in [-0.2, 0) is 22.7 Å². The number of hydrogen-bond donors (Lipinski definition) is 0. The first-order valence-corrected chi connectivity index (χ1v) is 11.5. The third kappa shape index (κ3) is 6.52. The first kappa shape index (κ1) is 23.7. The summed E-state index contributed by atoms with van der Waals surface area (Å²) in [7, 11) is 0. The molecule has 0 spiro atoms. The molecule has 2 heterocycles. The van der Waals surface area contributed by atoms with E-state index in [4.69, 9.17) is 13.9 Å². The Kier molecular flexibility index (Phi) is 8.59. The molecule has 32 heavy (non-hydrogen) atoms. The maximum Gasteiger partial charge on any atom is 0.242 e. The number of fused-ring (bicyclic) bond motifs is 1. The summed E-state index contributed by atoms with van der Waals surface area (Å²) < 4.78 is 16.3. The Morgan fingerprint density at radius 1 is 1.00 bits per heavy atom. The number of rotatable bonds is 12. The number of carbonyl (C=O) groups is 2. The van der Waals surface area contributed by atoms with Crippen molar-refractivity contribution in [2.75, 3.05) is 13.3 Å². The SMILES string of the molecule is CCCCCCC(=O)N(CC(=O)N(Cc1ccc2c(c1)OCO2)Cc1ccco1)C(C)C. The first-order chi connectivity index (χ1) is 15.5. The van der Waals surface area contributed by atoms with Gasteiger partial charge in [-0.05, 0) is 50.1 Å². The topological polar surface area (TPSA) is 72.2 Å². The zero-order valence-electron chi connectivity index (χ0n) is 19.3. The van der Waals surface area contributed by atoms with Gasteiger partial charge in [0.15, 0.2) is 11.5 Å². The molecule has 1 aromatic heterocycles. The highest BCUT2D eigenvalue weighted by atomic mass is 16.7. The van der Waals surface area contributed by atoms with Gasteiger partial charge in [-0.3, -0.25) is 9.59 Å². The van der Waals surface area contributed by atoms with Gasteiger partial charge < -0.3 is 23.7 Å². The van der Waals surface area contributed by atoms with E-state index in [9.17, 15) is 9.59 Å². The van der Waals surface area contributed by atoms with Crippen molar-refractivity contribution >= 4 is 11.8 Å². The number of ether oxygens (including phenoxy) is 2. The van der Waals surface area contributed by atoms with Crippen LogP contribution in [0.3, 0.4) is 0 Å². The lowest BCUT2D eigenvalue weighted by Crippen LogP contribution is -2.45. The van der Waals surface area contributed by atoms with Crippen LogP contribution in [0.25, 0.3) is 0 Å². The van der Waals surface area contributed by atoms with Gasteiger partial charge in [0.05, 0.1) is 19.4 Å². The lowest BCUT2D eigenvalue weighted by atomic mass is 10.1. The van der Waals surface area contributed by atoms with Crippen LogP contribution in [0.1, 0.15) is 64.2 Å². The molecular weight excluding hydrogens is 408 g/mol. The van der Waals surface area contributed by atoms with E-state index in [1.165, 1.54) is 0 Å². The van der Waals surface area contributed by atoms with E-state index in [2.05, 4.69) is 6.92 Å². The number of unbranched alkanes of at least 4 members (excludes halogenated alkanes) is 3. The van der Waals surface area contributed by atoms with Crippen LogP contribution in [0.15, 0.2) is 41.0 Å². The van der Waals surface area contributed by atoms with Gasteiger partial charge in [-0.25, -0.2) is 0 Å². The summed E-state index contributed by atoms with van der Waals surface area (Å²) in [4.78, 5) is 29.6. The molecule has 0 saturated heterocycles. The average molecular weight is 443 g/mol. The van der Waals surface area contributed by atoms with Gasteiger partial charge in [0, 0.05) is 19.0 Å². The smallest absolute Gasteiger partial charge is 0.242 e. The molecule has 1 aromatic carbocycles. The Morgan fingerprint density at radius 2 is 1.81 bits per heavy atom. The number of carbonyl (C=O) groups excluding carboxylic acids is 2. The van der Waals surface area contributed by atoms with Crippen molar-refractivity contribution in [3.05, 3.63) is 47.9 Å². The van der Waals surface area contributed by atoms with E-state index in [-0.39, 0.29) is 31.2 Å². The minimum atomic E-state index is -0.116. The van der Waals surface area contributed by atoms with E-state index in [1.807, 2.05) is 38.1 Å². The van der Waals surface area contributed by atoms with Gasteiger partial charge >= 0.3 is 0 Å². The maximum atomic E-state index is 13.3. The van der Waals surface area contributed by atoms with Gasteiger partial charge in [-0.2, -0.15) is 0 Å². The lowest BCUT2D eigenvalue weighted by molar-refractivity contribution is -0.143. The second-order valence-corrected chi connectivity index (χ2v) is 8.44. The van der Waals surface area contributed by atoms with Crippen molar-refractivity contribution in [2.24, 2.45) is 0 Å². The van der Waals surface area contributed by atoms with Crippen LogP contribution in [0, 0.1) is 0 Å². The fourth-order valence-electron chi connectivity index (χ4n) is 3.73. The van der Waals surface area contributed by atoms with E-state index < -0.39 is 0 Å². The Morgan fingerprint density at radius 3 is 2.53 bits per heavy atom. The molecule has 7 heteroatoms. The molecule has 2 aromatic rings. The molecule has 0 atom stereocenters. The highest BCUT2D eigenvalue weighted by Crippen LogP contribution is 2.33. The second-order valence-electron chi connectivity index (χ2n) is 8.44. The number of hydrogen-bond acceptors (Lipinski definition) is 5. The summed E-state index contributed by atoms with van der Waals surface area (Å²) in [5.41, 5.74) is 0.927. The van der Waals surface area contributed by atoms with Crippen molar-refractivity contribution in [3.63, 3.8) is 0 Å². The molecule has 0 radical (unpaired) electrons. The Bertz CT molecular complexity index is 878. The predicted molar refractivity (Wildman–Crippen MR) is 121 cm³/mol. The standard InChI is InChI=1S/C25H34N2O5/c1-4-5-6-7-10-24(28)27(19(2)3)17-25(29)26(16-21-9-8-13-30-21)15-20-11-12-22-23(14-20)32-18-31-22/h8-9,11-14,19H,4-7,10,15-18H2,1-3H3. The molecule has 1 aliphatic heterocycles. The van der Waals surface area contributed by atoms with Crippen LogP contribution >= 0.6 is 0 Å². The van der Waals surface area contributed by atoms with Gasteiger partial charge in [-0.1, -0.05) is 32.3 Å². The second kappa shape index (κ2) is 11.6. The van der Waals surface area contributed by atoms with Crippen LogP contribution in [0.5, 0.6) is 11.5 Å². The van der Waals surface area contributed by atoms with E-state index in [0.717, 1.165) is 31.2 Å². The molecule has 0 saturated carbocycles. The third-order valence-corrected chi connectivity index (χ3v) is 5.58. The Hall–Kier alpha value is -2.96. The fourth-order valence-corrected chi connectivity index (χ4v) is 3.73. The summed E-state index contributed by atoms with van der Waals surface area (Å²) in [5.74, 6) is 2.00. The summed E-state index contributed by atoms with van der Waals surface area (Å²) >= 11 is 0. The lowest BCUT2D eigenvalue weighted by Gasteiger charge is -2.30. The summed E-state index contributed by atoms with van der Waals surface area (Å²) in [6, 6.07) is 9.28. The van der Waals surface area contributed by atoms with Crippen LogP contribution < -0.4 is 9.47 Å². The number of nitrogens with zero attached hydrogens (tertiary/aromatic N) is 2. The van der Waals surface area contributed by atoms with E-state index in [1.54, 1.807) is 22.1 Å². The minimum Gasteiger partial charge on any atom is -0.467 e. The van der Waals surface area contributed by atoms with Crippen molar-refractivity contribution < 1.29 is 23.5 Å². The molecule has 0 bridgehead atoms. The quantitative estimate of drug-likeness (QED) is 0.444. The van der Waals surface area contributed by atoms with Crippen LogP contribution in [-0.4, -0.2) is 41.0 Å². The first-order valence-electron chi connectivity index (χ1n) is 11.5. The summed E-state index contributed by atoms with van der Waals surface area (Å²) in [6.07, 6.45) is 6.22. The maximum absolute atomic E-state index is 13.3. The number of furan rings is 1. The fraction of sp³-hybridized carbons (Fsp3) is 0.520.